The Hall–Kier alpha value is -2.76. The first kappa shape index (κ1) is 26.3. The molecule has 2 aromatic heterocycles. The predicted octanol–water partition coefficient (Wildman–Crippen LogP) is 4.07. The van der Waals surface area contributed by atoms with Gasteiger partial charge < -0.3 is 19.9 Å². The molecule has 196 valence electrons. The Labute approximate surface area is 213 Å². The van der Waals surface area contributed by atoms with E-state index >= 15 is 0 Å². The number of nitrogens with zero attached hydrogens (tertiary/aromatic N) is 4. The van der Waals surface area contributed by atoms with E-state index in [0.717, 1.165) is 26.1 Å². The highest BCUT2D eigenvalue weighted by Crippen LogP contribution is 2.27. The highest BCUT2D eigenvalue weighted by atomic mass is 32.2. The number of fused-ring (bicyclic) bond motifs is 1. The van der Waals surface area contributed by atoms with E-state index in [0.29, 0.717) is 47.7 Å². The van der Waals surface area contributed by atoms with Gasteiger partial charge in [0.25, 0.3) is 0 Å². The van der Waals surface area contributed by atoms with E-state index in [2.05, 4.69) is 48.7 Å². The van der Waals surface area contributed by atoms with E-state index < -0.39 is 10.0 Å². The molecule has 10 nitrogen and oxygen atoms in total. The standard InChI is InChI=1S/C25H37N7O3S/c1-3-32(4-2)16-8-15-28-36(33,34)21-13-11-20(12-14-21)29-25-30-23-22(26-18-27-23)24(31-25)35-17-19-9-6-5-7-10-19/h11-14,18-19,28H,3-10,15-17H2,1-2H3,(H2,26,27,29,30,31). The van der Waals surface area contributed by atoms with Gasteiger partial charge in [0.15, 0.2) is 11.2 Å². The Morgan fingerprint density at radius 3 is 2.56 bits per heavy atom. The lowest BCUT2D eigenvalue weighted by Gasteiger charge is -2.21. The zero-order chi connectivity index (χ0) is 25.4. The first-order valence-electron chi connectivity index (χ1n) is 12.9. The zero-order valence-corrected chi connectivity index (χ0v) is 22.0. The number of H-pyrrole nitrogens is 1. The molecule has 0 bridgehead atoms. The van der Waals surface area contributed by atoms with Crippen molar-refractivity contribution in [3.8, 4) is 5.88 Å². The molecule has 0 atom stereocenters. The van der Waals surface area contributed by atoms with Gasteiger partial charge in [-0.3, -0.25) is 0 Å². The summed E-state index contributed by atoms with van der Waals surface area (Å²) in [6, 6.07) is 6.55. The van der Waals surface area contributed by atoms with Gasteiger partial charge in [-0.15, -0.1) is 0 Å². The second kappa shape index (κ2) is 12.5. The Bertz CT molecular complexity index is 1200. The van der Waals surface area contributed by atoms with Crippen LogP contribution in [0.3, 0.4) is 0 Å². The summed E-state index contributed by atoms with van der Waals surface area (Å²) in [6.07, 6.45) is 8.50. The third-order valence-corrected chi connectivity index (χ3v) is 8.16. The second-order valence-electron chi connectivity index (χ2n) is 9.19. The van der Waals surface area contributed by atoms with Crippen molar-refractivity contribution < 1.29 is 13.2 Å². The van der Waals surface area contributed by atoms with Crippen molar-refractivity contribution in [1.82, 2.24) is 29.6 Å². The van der Waals surface area contributed by atoms with Crippen molar-refractivity contribution >= 4 is 32.8 Å². The smallest absolute Gasteiger partial charge is 0.247 e. The molecule has 0 amide bonds. The van der Waals surface area contributed by atoms with Crippen LogP contribution in [-0.4, -0.2) is 66.0 Å². The van der Waals surface area contributed by atoms with Crippen LogP contribution in [0.1, 0.15) is 52.4 Å². The maximum Gasteiger partial charge on any atom is 0.247 e. The summed E-state index contributed by atoms with van der Waals surface area (Å²) in [6.45, 7) is 8.02. The zero-order valence-electron chi connectivity index (χ0n) is 21.2. The highest BCUT2D eigenvalue weighted by Gasteiger charge is 2.18. The van der Waals surface area contributed by atoms with E-state index in [-0.39, 0.29) is 4.90 Å². The Morgan fingerprint density at radius 2 is 1.83 bits per heavy atom. The summed E-state index contributed by atoms with van der Waals surface area (Å²) in [5.41, 5.74) is 1.86. The molecule has 0 saturated heterocycles. The number of nitrogens with one attached hydrogen (secondary N) is 3. The number of ether oxygens (including phenoxy) is 1. The van der Waals surface area contributed by atoms with Crippen LogP contribution in [0.15, 0.2) is 35.5 Å². The van der Waals surface area contributed by atoms with Crippen LogP contribution >= 0.6 is 0 Å². The van der Waals surface area contributed by atoms with E-state index in [9.17, 15) is 8.42 Å². The normalized spacial score (nSPS) is 15.0. The molecule has 3 aromatic rings. The van der Waals surface area contributed by atoms with Crippen molar-refractivity contribution in [2.45, 2.75) is 57.3 Å². The summed E-state index contributed by atoms with van der Waals surface area (Å²) in [5, 5.41) is 3.15. The van der Waals surface area contributed by atoms with Crippen molar-refractivity contribution in [2.24, 2.45) is 5.92 Å². The maximum atomic E-state index is 12.7. The number of sulfonamides is 1. The molecular formula is C25H37N7O3S. The Balaban J connectivity index is 1.38. The lowest BCUT2D eigenvalue weighted by Crippen LogP contribution is -2.30. The van der Waals surface area contributed by atoms with Crippen LogP contribution in [0.4, 0.5) is 11.6 Å². The number of aromatic amines is 1. The average Bonchev–Trinajstić information content (AvgIpc) is 3.37. The minimum Gasteiger partial charge on any atom is -0.476 e. The number of hydrogen-bond donors (Lipinski definition) is 3. The lowest BCUT2D eigenvalue weighted by atomic mass is 9.90. The third kappa shape index (κ3) is 6.92. The SMILES string of the molecule is CCN(CC)CCCNS(=O)(=O)c1ccc(Nc2nc(OCC3CCCCC3)c3nc[nH]c3n2)cc1. The monoisotopic (exact) mass is 515 g/mol. The van der Waals surface area contributed by atoms with Crippen LogP contribution in [0, 0.1) is 5.92 Å². The predicted molar refractivity (Wildman–Crippen MR) is 141 cm³/mol. The Kier molecular flexibility index (Phi) is 9.11. The van der Waals surface area contributed by atoms with Gasteiger partial charge in [0.05, 0.1) is 17.8 Å². The molecule has 36 heavy (non-hydrogen) atoms. The number of benzene rings is 1. The first-order chi connectivity index (χ1) is 17.5. The minimum atomic E-state index is -3.57. The van der Waals surface area contributed by atoms with Gasteiger partial charge in [-0.25, -0.2) is 18.1 Å². The average molecular weight is 516 g/mol. The largest absolute Gasteiger partial charge is 0.476 e. The highest BCUT2D eigenvalue weighted by molar-refractivity contribution is 7.89. The molecule has 1 fully saturated rings. The lowest BCUT2D eigenvalue weighted by molar-refractivity contribution is 0.205. The van der Waals surface area contributed by atoms with Gasteiger partial charge in [-0.05, 0) is 69.1 Å². The van der Waals surface area contributed by atoms with Gasteiger partial charge in [-0.1, -0.05) is 33.1 Å². The number of rotatable bonds is 13. The summed E-state index contributed by atoms with van der Waals surface area (Å²) in [5.74, 6) is 1.34. The second-order valence-corrected chi connectivity index (χ2v) is 11.0. The van der Waals surface area contributed by atoms with Crippen LogP contribution in [0.25, 0.3) is 11.2 Å². The fourth-order valence-electron chi connectivity index (χ4n) is 4.50. The summed E-state index contributed by atoms with van der Waals surface area (Å²) >= 11 is 0. The minimum absolute atomic E-state index is 0.220. The molecular weight excluding hydrogens is 478 g/mol. The van der Waals surface area contributed by atoms with E-state index in [1.165, 1.54) is 32.1 Å². The molecule has 0 aliphatic heterocycles. The molecule has 1 aromatic carbocycles. The summed E-state index contributed by atoms with van der Waals surface area (Å²) in [4.78, 5) is 18.8. The van der Waals surface area contributed by atoms with Gasteiger partial charge >= 0.3 is 0 Å². The molecule has 0 radical (unpaired) electrons. The van der Waals surface area contributed by atoms with Crippen molar-refractivity contribution in [2.75, 3.05) is 38.1 Å². The number of anilines is 2. The van der Waals surface area contributed by atoms with E-state index in [1.807, 2.05) is 0 Å². The van der Waals surface area contributed by atoms with E-state index in [4.69, 9.17) is 4.74 Å². The molecule has 1 aliphatic carbocycles. The molecule has 0 unspecified atom stereocenters. The van der Waals surface area contributed by atoms with E-state index in [1.54, 1.807) is 30.6 Å². The molecule has 1 saturated carbocycles. The Morgan fingerprint density at radius 1 is 1.08 bits per heavy atom. The van der Waals surface area contributed by atoms with Crippen LogP contribution < -0.4 is 14.8 Å². The van der Waals surface area contributed by atoms with Gasteiger partial charge in [0.2, 0.25) is 21.9 Å². The van der Waals surface area contributed by atoms with Crippen LogP contribution in [0.2, 0.25) is 0 Å². The molecule has 3 N–H and O–H groups in total. The molecule has 1 aliphatic rings. The molecule has 4 rings (SSSR count). The fourth-order valence-corrected chi connectivity index (χ4v) is 5.57. The van der Waals surface area contributed by atoms with Crippen molar-refractivity contribution in [1.29, 1.82) is 0 Å². The molecule has 2 heterocycles. The topological polar surface area (TPSA) is 125 Å². The summed E-state index contributed by atoms with van der Waals surface area (Å²) in [7, 11) is -3.57. The van der Waals surface area contributed by atoms with Crippen molar-refractivity contribution in [3.63, 3.8) is 0 Å². The number of aromatic nitrogens is 4. The summed E-state index contributed by atoms with van der Waals surface area (Å²) < 4.78 is 34.1. The van der Waals surface area contributed by atoms with Crippen LogP contribution in [0.5, 0.6) is 5.88 Å². The number of hydrogen-bond acceptors (Lipinski definition) is 8. The van der Waals surface area contributed by atoms with Gasteiger partial charge in [-0.2, -0.15) is 9.97 Å². The van der Waals surface area contributed by atoms with Gasteiger partial charge in [0.1, 0.15) is 0 Å². The molecule has 11 heteroatoms. The third-order valence-electron chi connectivity index (χ3n) is 6.69. The quantitative estimate of drug-likeness (QED) is 0.291. The number of imidazole rings is 1. The maximum absolute atomic E-state index is 12.7. The van der Waals surface area contributed by atoms with Gasteiger partial charge in [0, 0.05) is 12.2 Å². The first-order valence-corrected chi connectivity index (χ1v) is 14.4. The fraction of sp³-hybridized carbons (Fsp3) is 0.560. The van der Waals surface area contributed by atoms with Crippen LogP contribution in [-0.2, 0) is 10.0 Å². The van der Waals surface area contributed by atoms with Crippen molar-refractivity contribution in [3.05, 3.63) is 30.6 Å². The molecule has 0 spiro atoms.